The smallest absolute Gasteiger partial charge is 0.219 e. The van der Waals surface area contributed by atoms with Gasteiger partial charge in [0.25, 0.3) is 0 Å². The van der Waals surface area contributed by atoms with Crippen LogP contribution in [-0.2, 0) is 4.79 Å². The maximum absolute atomic E-state index is 11.4. The Labute approximate surface area is 151 Å². The average Bonchev–Trinajstić information content (AvgIpc) is 2.60. The van der Waals surface area contributed by atoms with Crippen molar-refractivity contribution in [1.29, 1.82) is 0 Å². The summed E-state index contributed by atoms with van der Waals surface area (Å²) in [6.07, 6.45) is 9.51. The second kappa shape index (κ2) is 10.2. The maximum atomic E-state index is 11.4. The van der Waals surface area contributed by atoms with Gasteiger partial charge in [-0.15, -0.1) is 0 Å². The van der Waals surface area contributed by atoms with Crippen molar-refractivity contribution in [3.8, 4) is 0 Å². The van der Waals surface area contributed by atoms with Crippen LogP contribution in [0.25, 0.3) is 0 Å². The lowest BCUT2D eigenvalue weighted by Gasteiger charge is -2.31. The third kappa shape index (κ3) is 6.19. The number of hydrogen-bond donors (Lipinski definition) is 2. The molecule has 0 aromatic heterocycles. The van der Waals surface area contributed by atoms with Gasteiger partial charge >= 0.3 is 0 Å². The largest absolute Gasteiger partial charge is 0.357 e. The normalized spacial score (nSPS) is 26.3. The zero-order valence-corrected chi connectivity index (χ0v) is 16.3. The van der Waals surface area contributed by atoms with Gasteiger partial charge in [0.05, 0.1) is 0 Å². The van der Waals surface area contributed by atoms with Gasteiger partial charge in [-0.2, -0.15) is 11.8 Å². The lowest BCUT2D eigenvalue weighted by molar-refractivity contribution is -0.130. The van der Waals surface area contributed by atoms with Crippen LogP contribution in [0.1, 0.15) is 52.4 Å². The summed E-state index contributed by atoms with van der Waals surface area (Å²) in [5, 5.41) is 7.83. The summed E-state index contributed by atoms with van der Waals surface area (Å²) in [6.45, 7) is 7.31. The Balaban J connectivity index is 1.81. The average molecular weight is 355 g/mol. The van der Waals surface area contributed by atoms with E-state index >= 15 is 0 Å². The summed E-state index contributed by atoms with van der Waals surface area (Å²) in [4.78, 5) is 18.2. The molecule has 0 spiro atoms. The van der Waals surface area contributed by atoms with Crippen molar-refractivity contribution in [3.05, 3.63) is 0 Å². The van der Waals surface area contributed by atoms with E-state index in [2.05, 4.69) is 23.8 Å². The Morgan fingerprint density at radius 1 is 1.25 bits per heavy atom. The van der Waals surface area contributed by atoms with Gasteiger partial charge in [0.15, 0.2) is 5.96 Å². The minimum atomic E-state index is 0.201. The summed E-state index contributed by atoms with van der Waals surface area (Å²) in [7, 11) is 0. The van der Waals surface area contributed by atoms with Gasteiger partial charge in [-0.3, -0.25) is 9.79 Å². The Bertz CT molecular complexity index is 421. The van der Waals surface area contributed by atoms with E-state index in [4.69, 9.17) is 4.99 Å². The topological polar surface area (TPSA) is 56.7 Å². The van der Waals surface area contributed by atoms with Gasteiger partial charge in [0, 0.05) is 44.4 Å². The van der Waals surface area contributed by atoms with Crippen LogP contribution in [0.4, 0.5) is 0 Å². The summed E-state index contributed by atoms with van der Waals surface area (Å²) >= 11 is 2.00. The number of guanidine groups is 1. The van der Waals surface area contributed by atoms with Gasteiger partial charge in [0.1, 0.15) is 0 Å². The Morgan fingerprint density at radius 3 is 2.62 bits per heavy atom. The first-order valence-corrected chi connectivity index (χ1v) is 10.7. The maximum Gasteiger partial charge on any atom is 0.219 e. The molecule has 5 nitrogen and oxygen atoms in total. The fourth-order valence-corrected chi connectivity index (χ4v) is 4.48. The van der Waals surface area contributed by atoms with Crippen molar-refractivity contribution in [2.75, 3.05) is 32.4 Å². The van der Waals surface area contributed by atoms with Crippen LogP contribution < -0.4 is 10.6 Å². The molecule has 1 aliphatic heterocycles. The zero-order valence-electron chi connectivity index (χ0n) is 15.5. The quantitative estimate of drug-likeness (QED) is 0.588. The second-order valence-electron chi connectivity index (χ2n) is 7.03. The van der Waals surface area contributed by atoms with Crippen LogP contribution in [-0.4, -0.2) is 60.5 Å². The third-order valence-electron chi connectivity index (χ3n) is 5.21. The third-order valence-corrected chi connectivity index (χ3v) is 6.31. The highest BCUT2D eigenvalue weighted by atomic mass is 32.2. The molecule has 1 saturated heterocycles. The van der Waals surface area contributed by atoms with Crippen LogP contribution >= 0.6 is 11.8 Å². The minimum Gasteiger partial charge on any atom is -0.357 e. The standard InChI is InChI=1S/C18H34N4OS/c1-4-19-18(21-16-6-5-7-17(12-16)24-3)20-13-15-8-10-22(11-9-15)14(2)23/h15-17H,4-13H2,1-3H3,(H2,19,20,21). The molecule has 0 radical (unpaired) electrons. The van der Waals surface area contributed by atoms with Gasteiger partial charge in [-0.1, -0.05) is 6.42 Å². The number of nitrogens with one attached hydrogen (secondary N) is 2. The molecule has 2 N–H and O–H groups in total. The van der Waals surface area contributed by atoms with Crippen LogP contribution in [0.15, 0.2) is 4.99 Å². The van der Waals surface area contributed by atoms with E-state index in [0.717, 1.165) is 50.2 Å². The summed E-state index contributed by atoms with van der Waals surface area (Å²) in [5.74, 6) is 1.77. The molecule has 1 aliphatic carbocycles. The first-order chi connectivity index (χ1) is 11.6. The van der Waals surface area contributed by atoms with Crippen LogP contribution in [0.5, 0.6) is 0 Å². The molecule has 2 fully saturated rings. The summed E-state index contributed by atoms with van der Waals surface area (Å²) < 4.78 is 0. The number of carbonyl (C=O) groups is 1. The Morgan fingerprint density at radius 2 is 2.00 bits per heavy atom. The number of amides is 1. The molecule has 2 unspecified atom stereocenters. The number of likely N-dealkylation sites (tertiary alicyclic amines) is 1. The van der Waals surface area contributed by atoms with Crippen LogP contribution in [0.2, 0.25) is 0 Å². The Kier molecular flexibility index (Phi) is 8.22. The van der Waals surface area contributed by atoms with Crippen molar-refractivity contribution in [2.45, 2.75) is 63.7 Å². The van der Waals surface area contributed by atoms with E-state index in [1.54, 1.807) is 6.92 Å². The van der Waals surface area contributed by atoms with Crippen molar-refractivity contribution in [3.63, 3.8) is 0 Å². The van der Waals surface area contributed by atoms with E-state index in [1.807, 2.05) is 16.7 Å². The first kappa shape index (κ1) is 19.4. The first-order valence-electron chi connectivity index (χ1n) is 9.45. The van der Waals surface area contributed by atoms with Gasteiger partial charge in [-0.05, 0) is 51.2 Å². The van der Waals surface area contributed by atoms with Crippen molar-refractivity contribution in [2.24, 2.45) is 10.9 Å². The minimum absolute atomic E-state index is 0.201. The molecule has 0 aromatic carbocycles. The van der Waals surface area contributed by atoms with E-state index < -0.39 is 0 Å². The van der Waals surface area contributed by atoms with Crippen molar-refractivity contribution in [1.82, 2.24) is 15.5 Å². The highest BCUT2D eigenvalue weighted by Crippen LogP contribution is 2.26. The number of carbonyl (C=O) groups excluding carboxylic acids is 1. The van der Waals surface area contributed by atoms with Gasteiger partial charge in [-0.25, -0.2) is 0 Å². The highest BCUT2D eigenvalue weighted by molar-refractivity contribution is 7.99. The molecule has 2 rings (SSSR count). The molecule has 0 aromatic rings. The summed E-state index contributed by atoms with van der Waals surface area (Å²) in [6, 6.07) is 0.550. The number of aliphatic imine (C=N–C) groups is 1. The van der Waals surface area contributed by atoms with Crippen LogP contribution in [0.3, 0.4) is 0 Å². The van der Waals surface area contributed by atoms with Crippen molar-refractivity contribution < 1.29 is 4.79 Å². The second-order valence-corrected chi connectivity index (χ2v) is 8.17. The van der Waals surface area contributed by atoms with Gasteiger partial charge < -0.3 is 15.5 Å². The number of piperidine rings is 1. The van der Waals surface area contributed by atoms with Gasteiger partial charge in [0.2, 0.25) is 5.91 Å². The molecule has 1 amide bonds. The number of thioether (sulfide) groups is 1. The fourth-order valence-electron chi connectivity index (χ4n) is 3.65. The molecule has 6 heteroatoms. The molecular weight excluding hydrogens is 320 g/mol. The Hall–Kier alpha value is -0.910. The lowest BCUT2D eigenvalue weighted by Crippen LogP contribution is -2.46. The molecule has 24 heavy (non-hydrogen) atoms. The number of rotatable bonds is 5. The lowest BCUT2D eigenvalue weighted by atomic mass is 9.95. The molecule has 2 aliphatic rings. The monoisotopic (exact) mass is 354 g/mol. The van der Waals surface area contributed by atoms with E-state index in [0.29, 0.717) is 12.0 Å². The number of hydrogen-bond acceptors (Lipinski definition) is 3. The molecule has 138 valence electrons. The predicted octanol–water partition coefficient (Wildman–Crippen LogP) is 2.47. The van der Waals surface area contributed by atoms with Crippen LogP contribution in [0, 0.1) is 5.92 Å². The van der Waals surface area contributed by atoms with E-state index in [1.165, 1.54) is 25.7 Å². The van der Waals surface area contributed by atoms with E-state index in [9.17, 15) is 4.79 Å². The molecule has 1 saturated carbocycles. The summed E-state index contributed by atoms with van der Waals surface area (Å²) in [5.41, 5.74) is 0. The predicted molar refractivity (Wildman–Crippen MR) is 104 cm³/mol. The van der Waals surface area contributed by atoms with E-state index in [-0.39, 0.29) is 5.91 Å². The fraction of sp³-hybridized carbons (Fsp3) is 0.889. The molecule has 1 heterocycles. The SMILES string of the molecule is CCNC(=NCC1CCN(C(C)=O)CC1)NC1CCCC(SC)C1. The zero-order chi connectivity index (χ0) is 17.4. The molecular formula is C18H34N4OS. The van der Waals surface area contributed by atoms with Crippen molar-refractivity contribution >= 4 is 23.6 Å². The molecule has 2 atom stereocenters. The highest BCUT2D eigenvalue weighted by Gasteiger charge is 2.23. The molecule has 0 bridgehead atoms. The number of nitrogens with zero attached hydrogens (tertiary/aromatic N) is 2.